The quantitative estimate of drug-likeness (QED) is 0.188. The summed E-state index contributed by atoms with van der Waals surface area (Å²) in [5.74, 6) is -2.55. The first kappa shape index (κ1) is 36.3. The van der Waals surface area contributed by atoms with Crippen LogP contribution in [0.15, 0.2) is 41.3 Å². The van der Waals surface area contributed by atoms with Gasteiger partial charge in [0.25, 0.3) is 0 Å². The lowest BCUT2D eigenvalue weighted by molar-refractivity contribution is -0.157. The molecule has 1 aliphatic rings. The number of likely N-dealkylation sites (N-methyl/N-ethyl adjacent to an activating group) is 1. The van der Waals surface area contributed by atoms with Gasteiger partial charge in [0.05, 0.1) is 37.1 Å². The van der Waals surface area contributed by atoms with Crippen molar-refractivity contribution in [2.75, 3.05) is 59.0 Å². The number of hydrogen-bond donors (Lipinski definition) is 3. The number of aliphatic hydroxyl groups is 2. The van der Waals surface area contributed by atoms with Crippen molar-refractivity contribution in [2.24, 2.45) is 0 Å². The Labute approximate surface area is 267 Å². The van der Waals surface area contributed by atoms with Crippen LogP contribution in [0.2, 0.25) is 10.0 Å². The molecular weight excluding hydrogens is 637 g/mol. The maximum absolute atomic E-state index is 13.1. The summed E-state index contributed by atoms with van der Waals surface area (Å²) in [7, 11) is -1.52. The zero-order valence-electron chi connectivity index (χ0n) is 24.5. The normalized spacial score (nSPS) is 16.8. The number of ketones is 1. The Bertz CT molecular complexity index is 1370. The van der Waals surface area contributed by atoms with Crippen molar-refractivity contribution in [2.45, 2.75) is 48.8 Å². The van der Waals surface area contributed by atoms with E-state index in [2.05, 4.69) is 4.90 Å². The molecule has 1 heterocycles. The first-order valence-corrected chi connectivity index (χ1v) is 16.7. The number of fused-ring (bicyclic) bond motifs is 1. The highest BCUT2D eigenvalue weighted by molar-refractivity contribution is 7.91. The summed E-state index contributed by atoms with van der Waals surface area (Å²) in [5, 5.41) is 28.4. The molecule has 3 N–H and O–H groups in total. The van der Waals surface area contributed by atoms with Crippen molar-refractivity contribution in [3.63, 3.8) is 0 Å². The number of carboxylic acids is 1. The SMILES string of the molecule is CN1Cc2c(Cl)cc(Cl)cc2C(c2cccc(S(=O)(=O)CCCOCCOCCOCCCC(=O)[C@H](O)[C@@H](O)C(=O)O)c2)C1. The lowest BCUT2D eigenvalue weighted by atomic mass is 9.85. The maximum atomic E-state index is 13.1. The van der Waals surface area contributed by atoms with Crippen molar-refractivity contribution in [3.8, 4) is 0 Å². The van der Waals surface area contributed by atoms with Crippen molar-refractivity contribution < 1.29 is 47.5 Å². The van der Waals surface area contributed by atoms with Crippen LogP contribution in [0.25, 0.3) is 0 Å². The van der Waals surface area contributed by atoms with E-state index in [-0.39, 0.29) is 62.4 Å². The zero-order valence-corrected chi connectivity index (χ0v) is 26.8. The molecule has 44 heavy (non-hydrogen) atoms. The highest BCUT2D eigenvalue weighted by Crippen LogP contribution is 2.38. The van der Waals surface area contributed by atoms with Crippen LogP contribution >= 0.6 is 23.2 Å². The molecule has 0 saturated carbocycles. The Kier molecular flexibility index (Phi) is 14.5. The van der Waals surface area contributed by atoms with Crippen LogP contribution in [0, 0.1) is 0 Å². The minimum Gasteiger partial charge on any atom is -0.479 e. The van der Waals surface area contributed by atoms with Gasteiger partial charge < -0.3 is 34.4 Å². The first-order valence-electron chi connectivity index (χ1n) is 14.2. The van der Waals surface area contributed by atoms with E-state index in [0.29, 0.717) is 36.2 Å². The first-order chi connectivity index (χ1) is 20.9. The summed E-state index contributed by atoms with van der Waals surface area (Å²) < 4.78 is 42.4. The number of nitrogens with zero attached hydrogens (tertiary/aromatic N) is 1. The summed E-state index contributed by atoms with van der Waals surface area (Å²) in [6.45, 7) is 2.98. The molecule has 2 aromatic carbocycles. The van der Waals surface area contributed by atoms with E-state index in [1.54, 1.807) is 24.3 Å². The van der Waals surface area contributed by atoms with Crippen LogP contribution in [0.5, 0.6) is 0 Å². The Morgan fingerprint density at radius 1 is 0.955 bits per heavy atom. The van der Waals surface area contributed by atoms with E-state index in [1.165, 1.54) is 0 Å². The molecule has 0 spiro atoms. The number of aliphatic hydroxyl groups excluding tert-OH is 2. The molecule has 0 radical (unpaired) electrons. The average molecular weight is 677 g/mol. The largest absolute Gasteiger partial charge is 0.479 e. The van der Waals surface area contributed by atoms with Gasteiger partial charge >= 0.3 is 5.97 Å². The molecule has 0 aliphatic carbocycles. The molecule has 2 aromatic rings. The van der Waals surface area contributed by atoms with E-state index in [4.69, 9.17) is 42.5 Å². The van der Waals surface area contributed by atoms with Crippen LogP contribution in [0.3, 0.4) is 0 Å². The summed E-state index contributed by atoms with van der Waals surface area (Å²) in [4.78, 5) is 24.6. The second-order valence-corrected chi connectivity index (χ2v) is 13.5. The van der Waals surface area contributed by atoms with E-state index >= 15 is 0 Å². The summed E-state index contributed by atoms with van der Waals surface area (Å²) in [5.41, 5.74) is 2.90. The van der Waals surface area contributed by atoms with Crippen LogP contribution in [-0.2, 0) is 40.2 Å². The van der Waals surface area contributed by atoms with Gasteiger partial charge in [-0.15, -0.1) is 0 Å². The molecule has 244 valence electrons. The van der Waals surface area contributed by atoms with Gasteiger partial charge in [0, 0.05) is 48.7 Å². The number of carbonyl (C=O) groups excluding carboxylic acids is 1. The fourth-order valence-electron chi connectivity index (χ4n) is 4.87. The number of aliphatic carboxylic acids is 1. The van der Waals surface area contributed by atoms with Gasteiger partial charge in [-0.2, -0.15) is 0 Å². The molecule has 3 atom stereocenters. The Morgan fingerprint density at radius 3 is 2.25 bits per heavy atom. The predicted octanol–water partition coefficient (Wildman–Crippen LogP) is 2.94. The zero-order chi connectivity index (χ0) is 32.3. The van der Waals surface area contributed by atoms with Gasteiger partial charge in [0.15, 0.2) is 21.7 Å². The highest BCUT2D eigenvalue weighted by Gasteiger charge is 2.30. The molecule has 1 unspecified atom stereocenters. The van der Waals surface area contributed by atoms with Crippen LogP contribution in [0.4, 0.5) is 0 Å². The molecule has 0 aromatic heterocycles. The number of halogens is 2. The van der Waals surface area contributed by atoms with Gasteiger partial charge in [-0.05, 0) is 60.8 Å². The third kappa shape index (κ3) is 10.7. The Balaban J connectivity index is 1.32. The fraction of sp³-hybridized carbons (Fsp3) is 0.533. The number of hydrogen-bond acceptors (Lipinski definition) is 10. The Hall–Kier alpha value is -2.13. The lowest BCUT2D eigenvalue weighted by Gasteiger charge is -2.33. The van der Waals surface area contributed by atoms with Crippen LogP contribution < -0.4 is 0 Å². The van der Waals surface area contributed by atoms with E-state index in [0.717, 1.165) is 16.7 Å². The topological polar surface area (TPSA) is 160 Å². The summed E-state index contributed by atoms with van der Waals surface area (Å²) >= 11 is 12.8. The van der Waals surface area contributed by atoms with Crippen LogP contribution in [-0.4, -0.2) is 112 Å². The third-order valence-electron chi connectivity index (χ3n) is 7.15. The molecule has 3 rings (SSSR count). The van der Waals surface area contributed by atoms with E-state index in [9.17, 15) is 28.2 Å². The summed E-state index contributed by atoms with van der Waals surface area (Å²) in [6.07, 6.45) is -3.65. The van der Waals surface area contributed by atoms with Gasteiger partial charge in [-0.3, -0.25) is 4.79 Å². The molecule has 14 heteroatoms. The second kappa shape index (κ2) is 17.5. The molecule has 0 bridgehead atoms. The predicted molar refractivity (Wildman–Crippen MR) is 164 cm³/mol. The number of sulfone groups is 1. The molecular formula is C30H39Cl2NO10S. The molecule has 1 aliphatic heterocycles. The minimum absolute atomic E-state index is 0.0568. The van der Waals surface area contributed by atoms with E-state index < -0.39 is 33.8 Å². The van der Waals surface area contributed by atoms with E-state index in [1.807, 2.05) is 19.2 Å². The molecule has 0 saturated heterocycles. The minimum atomic E-state index is -3.53. The number of carboxylic acid groups (broad SMARTS) is 1. The summed E-state index contributed by atoms with van der Waals surface area (Å²) in [6, 6.07) is 10.7. The second-order valence-electron chi connectivity index (χ2n) is 10.6. The molecule has 0 fully saturated rings. The standard InChI is InChI=1S/C30H39Cl2NO10S/c1-33-18-24(23-16-21(31)17-26(32)25(23)19-33)20-5-2-6-22(15-20)44(39,40)14-4-9-42-11-13-43-12-10-41-8-3-7-27(34)28(35)29(36)30(37)38/h2,5-6,15-17,24,28-29,35-36H,3-4,7-14,18-19H2,1H3,(H,37,38)/t24?,28-,29+/m0/s1. The van der Waals surface area contributed by atoms with Gasteiger partial charge in [-0.25, -0.2) is 13.2 Å². The van der Waals surface area contributed by atoms with Crippen molar-refractivity contribution in [3.05, 3.63) is 63.1 Å². The van der Waals surface area contributed by atoms with Crippen molar-refractivity contribution in [1.82, 2.24) is 4.90 Å². The monoisotopic (exact) mass is 675 g/mol. The third-order valence-corrected chi connectivity index (χ3v) is 9.51. The fourth-order valence-corrected chi connectivity index (χ4v) is 6.78. The number of ether oxygens (including phenoxy) is 3. The smallest absolute Gasteiger partial charge is 0.335 e. The van der Waals surface area contributed by atoms with Gasteiger partial charge in [0.1, 0.15) is 6.10 Å². The number of benzene rings is 2. The number of rotatable bonds is 19. The van der Waals surface area contributed by atoms with Crippen molar-refractivity contribution in [1.29, 1.82) is 0 Å². The van der Waals surface area contributed by atoms with Crippen LogP contribution in [0.1, 0.15) is 41.9 Å². The lowest BCUT2D eigenvalue weighted by Crippen LogP contribution is -2.39. The van der Waals surface area contributed by atoms with Gasteiger partial charge in [-0.1, -0.05) is 35.3 Å². The maximum Gasteiger partial charge on any atom is 0.335 e. The average Bonchev–Trinajstić information content (AvgIpc) is 2.98. The Morgan fingerprint density at radius 2 is 1.59 bits per heavy atom. The molecule has 11 nitrogen and oxygen atoms in total. The van der Waals surface area contributed by atoms with Crippen molar-refractivity contribution >= 4 is 44.8 Å². The number of carbonyl (C=O) groups is 2. The van der Waals surface area contributed by atoms with Gasteiger partial charge in [0.2, 0.25) is 0 Å². The highest BCUT2D eigenvalue weighted by atomic mass is 35.5. The molecule has 0 amide bonds. The number of Topliss-reactive ketones (excluding diaryl/α,β-unsaturated/α-hetero) is 1.